The predicted octanol–water partition coefficient (Wildman–Crippen LogP) is 4.24. The van der Waals surface area contributed by atoms with Crippen molar-refractivity contribution >= 4 is 11.6 Å². The molecule has 1 amide bonds. The number of hydrogen-bond acceptors (Lipinski definition) is 3. The molecule has 1 heterocycles. The summed E-state index contributed by atoms with van der Waals surface area (Å²) in [7, 11) is 0. The minimum atomic E-state index is -2.94. The van der Waals surface area contributed by atoms with Crippen molar-refractivity contribution < 1.29 is 27.1 Å². The van der Waals surface area contributed by atoms with Crippen molar-refractivity contribution in [1.82, 2.24) is 9.78 Å². The summed E-state index contributed by atoms with van der Waals surface area (Å²) in [5.41, 5.74) is 0.943. The fourth-order valence-electron chi connectivity index (χ4n) is 2.31. The fraction of sp³-hybridized carbons (Fsp3) is 0.375. The molecule has 0 aliphatic heterocycles. The van der Waals surface area contributed by atoms with Crippen molar-refractivity contribution in [3.05, 3.63) is 41.2 Å². The lowest BCUT2D eigenvalue weighted by Crippen LogP contribution is -2.25. The normalized spacial score (nSPS) is 12.5. The van der Waals surface area contributed by atoms with Crippen LogP contribution in [0.25, 0.3) is 0 Å². The number of aromatic nitrogens is 2. The molecule has 1 atom stereocenters. The molecule has 0 aliphatic carbocycles. The number of rotatable bonds is 6. The lowest BCUT2D eigenvalue weighted by molar-refractivity contribution is -0.119. The first-order valence-corrected chi connectivity index (χ1v) is 7.39. The van der Waals surface area contributed by atoms with E-state index in [-0.39, 0.29) is 5.75 Å². The maximum atomic E-state index is 12.7. The summed E-state index contributed by atoms with van der Waals surface area (Å²) in [5, 5.41) is 6.37. The summed E-state index contributed by atoms with van der Waals surface area (Å²) >= 11 is 0. The Bertz CT molecular complexity index is 762. The first-order chi connectivity index (χ1) is 11.7. The molecule has 2 rings (SSSR count). The van der Waals surface area contributed by atoms with E-state index in [1.54, 1.807) is 13.8 Å². The van der Waals surface area contributed by atoms with E-state index in [9.17, 15) is 22.4 Å². The van der Waals surface area contributed by atoms with Crippen molar-refractivity contribution in [3.63, 3.8) is 0 Å². The average Bonchev–Trinajstić information content (AvgIpc) is 2.90. The van der Waals surface area contributed by atoms with Crippen LogP contribution in [0.2, 0.25) is 0 Å². The number of alkyl halides is 4. The van der Waals surface area contributed by atoms with Crippen LogP contribution in [0.3, 0.4) is 0 Å². The Labute approximate surface area is 141 Å². The van der Waals surface area contributed by atoms with Gasteiger partial charge in [-0.25, -0.2) is 8.78 Å². The number of carbonyl (C=O) groups is 1. The van der Waals surface area contributed by atoms with Gasteiger partial charge in [-0.3, -0.25) is 9.48 Å². The predicted molar refractivity (Wildman–Crippen MR) is 83.1 cm³/mol. The molecule has 25 heavy (non-hydrogen) atoms. The number of hydrogen-bond donors (Lipinski definition) is 1. The number of halogens is 4. The first kappa shape index (κ1) is 18.8. The van der Waals surface area contributed by atoms with Crippen molar-refractivity contribution in [3.8, 4) is 5.75 Å². The fourth-order valence-corrected chi connectivity index (χ4v) is 2.31. The minimum Gasteiger partial charge on any atom is -0.435 e. The zero-order chi connectivity index (χ0) is 18.7. The largest absolute Gasteiger partial charge is 0.435 e. The molecule has 0 aliphatic rings. The van der Waals surface area contributed by atoms with Gasteiger partial charge >= 0.3 is 6.61 Å². The molecular formula is C16H17F4N3O2. The average molecular weight is 359 g/mol. The lowest BCUT2D eigenvalue weighted by Gasteiger charge is -2.16. The van der Waals surface area contributed by atoms with Gasteiger partial charge in [0.05, 0.1) is 0 Å². The zero-order valence-electron chi connectivity index (χ0n) is 13.8. The van der Waals surface area contributed by atoms with Crippen LogP contribution >= 0.6 is 0 Å². The monoisotopic (exact) mass is 359 g/mol. The van der Waals surface area contributed by atoms with Crippen LogP contribution in [0.4, 0.5) is 23.2 Å². The van der Waals surface area contributed by atoms with E-state index in [1.165, 1.54) is 35.9 Å². The van der Waals surface area contributed by atoms with E-state index in [1.807, 2.05) is 0 Å². The lowest BCUT2D eigenvalue weighted by atomic mass is 10.2. The molecule has 0 fully saturated rings. The van der Waals surface area contributed by atoms with Gasteiger partial charge in [-0.1, -0.05) is 0 Å². The third-order valence-corrected chi connectivity index (χ3v) is 3.59. The highest BCUT2D eigenvalue weighted by Gasteiger charge is 2.21. The van der Waals surface area contributed by atoms with Gasteiger partial charge in [0.25, 0.3) is 6.43 Å². The number of ether oxygens (including phenoxy) is 1. The SMILES string of the molecule is Cc1cc(OC(F)F)ccc1NC(=O)C(C)n1nc(C(F)F)cc1C. The molecule has 1 N–H and O–H groups in total. The van der Waals surface area contributed by atoms with Gasteiger partial charge in [-0.15, -0.1) is 0 Å². The smallest absolute Gasteiger partial charge is 0.387 e. The topological polar surface area (TPSA) is 56.1 Å². The van der Waals surface area contributed by atoms with E-state index in [0.717, 1.165) is 0 Å². The second kappa shape index (κ2) is 7.54. The number of amides is 1. The number of nitrogens with one attached hydrogen (secondary N) is 1. The van der Waals surface area contributed by atoms with Crippen molar-refractivity contribution in [2.75, 3.05) is 5.32 Å². The summed E-state index contributed by atoms with van der Waals surface area (Å²) in [4.78, 5) is 12.3. The highest BCUT2D eigenvalue weighted by molar-refractivity contribution is 5.94. The third-order valence-electron chi connectivity index (χ3n) is 3.59. The number of aryl methyl sites for hydroxylation is 2. The molecule has 9 heteroatoms. The maximum Gasteiger partial charge on any atom is 0.387 e. The summed E-state index contributed by atoms with van der Waals surface area (Å²) in [6.45, 7) is 1.78. The van der Waals surface area contributed by atoms with Crippen LogP contribution in [-0.2, 0) is 4.79 Å². The van der Waals surface area contributed by atoms with Crippen molar-refractivity contribution in [2.45, 2.75) is 39.9 Å². The van der Waals surface area contributed by atoms with Gasteiger partial charge in [0.2, 0.25) is 5.91 Å². The Morgan fingerprint density at radius 3 is 2.40 bits per heavy atom. The molecule has 0 saturated heterocycles. The Kier molecular flexibility index (Phi) is 5.66. The first-order valence-electron chi connectivity index (χ1n) is 7.39. The highest BCUT2D eigenvalue weighted by Crippen LogP contribution is 2.25. The second-order valence-corrected chi connectivity index (χ2v) is 5.48. The number of nitrogens with zero attached hydrogens (tertiary/aromatic N) is 2. The van der Waals surface area contributed by atoms with Crippen LogP contribution in [0.1, 0.15) is 36.3 Å². The zero-order valence-corrected chi connectivity index (χ0v) is 13.8. The molecule has 0 saturated carbocycles. The van der Waals surface area contributed by atoms with E-state index >= 15 is 0 Å². The van der Waals surface area contributed by atoms with Gasteiger partial charge in [0.15, 0.2) is 0 Å². The maximum absolute atomic E-state index is 12.7. The third kappa shape index (κ3) is 4.49. The van der Waals surface area contributed by atoms with Crippen LogP contribution in [-0.4, -0.2) is 22.3 Å². The molecule has 1 unspecified atom stereocenters. The number of anilines is 1. The quantitative estimate of drug-likeness (QED) is 0.785. The molecule has 0 bridgehead atoms. The molecule has 1 aromatic carbocycles. The van der Waals surface area contributed by atoms with Crippen LogP contribution in [0.5, 0.6) is 5.75 Å². The van der Waals surface area contributed by atoms with Crippen LogP contribution in [0.15, 0.2) is 24.3 Å². The molecule has 1 aromatic heterocycles. The van der Waals surface area contributed by atoms with Crippen molar-refractivity contribution in [1.29, 1.82) is 0 Å². The van der Waals surface area contributed by atoms with Crippen molar-refractivity contribution in [2.24, 2.45) is 0 Å². The van der Waals surface area contributed by atoms with E-state index in [0.29, 0.717) is 16.9 Å². The minimum absolute atomic E-state index is 0.0250. The van der Waals surface area contributed by atoms with Gasteiger partial charge in [-0.05, 0) is 50.6 Å². The van der Waals surface area contributed by atoms with Crippen LogP contribution in [0, 0.1) is 13.8 Å². The molecule has 0 radical (unpaired) electrons. The second-order valence-electron chi connectivity index (χ2n) is 5.48. The molecular weight excluding hydrogens is 342 g/mol. The van der Waals surface area contributed by atoms with E-state index < -0.39 is 30.7 Å². The van der Waals surface area contributed by atoms with Gasteiger partial charge in [0, 0.05) is 11.4 Å². The molecule has 0 spiro atoms. The summed E-state index contributed by atoms with van der Waals surface area (Å²) < 4.78 is 55.3. The van der Waals surface area contributed by atoms with E-state index in [2.05, 4.69) is 15.2 Å². The Hall–Kier alpha value is -2.58. The number of carbonyl (C=O) groups excluding carboxylic acids is 1. The molecule has 2 aromatic rings. The van der Waals surface area contributed by atoms with Crippen LogP contribution < -0.4 is 10.1 Å². The molecule has 136 valence electrons. The summed E-state index contributed by atoms with van der Waals surface area (Å²) in [6, 6.07) is 4.48. The van der Waals surface area contributed by atoms with Gasteiger partial charge < -0.3 is 10.1 Å². The molecule has 5 nitrogen and oxygen atoms in total. The Morgan fingerprint density at radius 2 is 1.88 bits per heavy atom. The Morgan fingerprint density at radius 1 is 1.20 bits per heavy atom. The standard InChI is InChI=1S/C16H17F4N3O2/c1-8-6-11(25-16(19)20)4-5-12(8)21-15(24)10(3)23-9(2)7-13(22-23)14(17)18/h4-7,10,14,16H,1-3H3,(H,21,24). The number of benzene rings is 1. The summed E-state index contributed by atoms with van der Waals surface area (Å²) in [6.07, 6.45) is -2.72. The van der Waals surface area contributed by atoms with Gasteiger partial charge in [0.1, 0.15) is 17.5 Å². The highest BCUT2D eigenvalue weighted by atomic mass is 19.3. The van der Waals surface area contributed by atoms with E-state index in [4.69, 9.17) is 0 Å². The van der Waals surface area contributed by atoms with Gasteiger partial charge in [-0.2, -0.15) is 13.9 Å². The summed E-state index contributed by atoms with van der Waals surface area (Å²) in [5.74, 6) is -0.499. The Balaban J connectivity index is 2.13.